The molecule has 0 radical (unpaired) electrons. The first kappa shape index (κ1) is 14.0. The van der Waals surface area contributed by atoms with E-state index >= 15 is 0 Å². The van der Waals surface area contributed by atoms with Gasteiger partial charge in [-0.1, -0.05) is 32.9 Å². The highest BCUT2D eigenvalue weighted by molar-refractivity contribution is 14.1. The molecule has 90 valence electrons. The Balaban J connectivity index is 2.68. The Morgan fingerprint density at radius 3 is 2.56 bits per heavy atom. The van der Waals surface area contributed by atoms with E-state index in [1.54, 1.807) is 0 Å². The van der Waals surface area contributed by atoms with Crippen molar-refractivity contribution in [3.05, 3.63) is 33.4 Å². The molecule has 1 aromatic rings. The van der Waals surface area contributed by atoms with Gasteiger partial charge in [0, 0.05) is 9.61 Å². The second-order valence-electron chi connectivity index (χ2n) is 4.64. The predicted octanol–water partition coefficient (Wildman–Crippen LogP) is 4.38. The Bertz CT molecular complexity index is 309. The molecule has 0 heterocycles. The number of rotatable bonds is 6. The van der Waals surface area contributed by atoms with Gasteiger partial charge in [-0.05, 0) is 65.6 Å². The van der Waals surface area contributed by atoms with Crippen molar-refractivity contribution >= 4 is 22.6 Å². The molecule has 1 unspecified atom stereocenters. The SMILES string of the molecule is CCNC(CCC(C)C)c1cccc(I)c1. The van der Waals surface area contributed by atoms with Crippen LogP contribution in [0.1, 0.15) is 45.2 Å². The summed E-state index contributed by atoms with van der Waals surface area (Å²) < 4.78 is 1.32. The van der Waals surface area contributed by atoms with Gasteiger partial charge < -0.3 is 5.32 Å². The third kappa shape index (κ3) is 4.83. The van der Waals surface area contributed by atoms with Crippen molar-refractivity contribution in [2.24, 2.45) is 5.92 Å². The van der Waals surface area contributed by atoms with Gasteiger partial charge >= 0.3 is 0 Å². The number of hydrogen-bond donors (Lipinski definition) is 1. The van der Waals surface area contributed by atoms with Crippen LogP contribution in [0.2, 0.25) is 0 Å². The molecule has 0 saturated carbocycles. The highest BCUT2D eigenvalue weighted by atomic mass is 127. The van der Waals surface area contributed by atoms with Crippen LogP contribution >= 0.6 is 22.6 Å². The first-order valence-electron chi connectivity index (χ1n) is 6.12. The minimum Gasteiger partial charge on any atom is -0.310 e. The van der Waals surface area contributed by atoms with Crippen molar-refractivity contribution in [3.63, 3.8) is 0 Å². The molecule has 1 N–H and O–H groups in total. The summed E-state index contributed by atoms with van der Waals surface area (Å²) >= 11 is 2.38. The van der Waals surface area contributed by atoms with Gasteiger partial charge in [-0.2, -0.15) is 0 Å². The molecule has 0 aliphatic carbocycles. The molecule has 0 aromatic heterocycles. The van der Waals surface area contributed by atoms with E-state index in [4.69, 9.17) is 0 Å². The lowest BCUT2D eigenvalue weighted by atomic mass is 9.98. The average molecular weight is 331 g/mol. The molecule has 0 amide bonds. The lowest BCUT2D eigenvalue weighted by molar-refractivity contribution is 0.448. The lowest BCUT2D eigenvalue weighted by Gasteiger charge is -2.19. The Kier molecular flexibility index (Phi) is 6.36. The summed E-state index contributed by atoms with van der Waals surface area (Å²) in [6, 6.07) is 9.33. The fourth-order valence-corrected chi connectivity index (χ4v) is 2.42. The molecule has 1 rings (SSSR count). The maximum Gasteiger partial charge on any atom is 0.0320 e. The Hall–Kier alpha value is -0.0900. The molecule has 0 bridgehead atoms. The van der Waals surface area contributed by atoms with Gasteiger partial charge in [-0.3, -0.25) is 0 Å². The van der Waals surface area contributed by atoms with Crippen molar-refractivity contribution in [3.8, 4) is 0 Å². The number of nitrogens with one attached hydrogen (secondary N) is 1. The van der Waals surface area contributed by atoms with Gasteiger partial charge in [0.15, 0.2) is 0 Å². The van der Waals surface area contributed by atoms with Crippen LogP contribution in [-0.2, 0) is 0 Å². The predicted molar refractivity (Wildman–Crippen MR) is 79.6 cm³/mol. The molecule has 2 heteroatoms. The van der Waals surface area contributed by atoms with Gasteiger partial charge in [-0.25, -0.2) is 0 Å². The smallest absolute Gasteiger partial charge is 0.0320 e. The zero-order valence-corrected chi connectivity index (χ0v) is 12.6. The summed E-state index contributed by atoms with van der Waals surface area (Å²) in [5, 5.41) is 3.58. The second kappa shape index (κ2) is 7.28. The summed E-state index contributed by atoms with van der Waals surface area (Å²) in [7, 11) is 0. The average Bonchev–Trinajstić information content (AvgIpc) is 2.24. The van der Waals surface area contributed by atoms with E-state index in [1.807, 2.05) is 0 Å². The van der Waals surface area contributed by atoms with E-state index in [0.29, 0.717) is 6.04 Å². The largest absolute Gasteiger partial charge is 0.310 e. The molecule has 1 atom stereocenters. The zero-order valence-electron chi connectivity index (χ0n) is 10.5. The maximum absolute atomic E-state index is 3.58. The van der Waals surface area contributed by atoms with Crippen LogP contribution < -0.4 is 5.32 Å². The fraction of sp³-hybridized carbons (Fsp3) is 0.571. The van der Waals surface area contributed by atoms with Crippen LogP contribution in [0.5, 0.6) is 0 Å². The number of hydrogen-bond acceptors (Lipinski definition) is 1. The van der Waals surface area contributed by atoms with Crippen molar-refractivity contribution in [2.75, 3.05) is 6.54 Å². The molecule has 16 heavy (non-hydrogen) atoms. The Labute approximate surface area is 113 Å². The van der Waals surface area contributed by atoms with Gasteiger partial charge in [0.25, 0.3) is 0 Å². The summed E-state index contributed by atoms with van der Waals surface area (Å²) in [6.07, 6.45) is 2.51. The third-order valence-corrected chi connectivity index (χ3v) is 3.41. The fourth-order valence-electron chi connectivity index (χ4n) is 1.86. The van der Waals surface area contributed by atoms with Crippen LogP contribution in [0, 0.1) is 9.49 Å². The molecule has 0 aliphatic rings. The van der Waals surface area contributed by atoms with Crippen LogP contribution in [0.15, 0.2) is 24.3 Å². The topological polar surface area (TPSA) is 12.0 Å². The molecular weight excluding hydrogens is 309 g/mol. The van der Waals surface area contributed by atoms with Crippen molar-refractivity contribution < 1.29 is 0 Å². The van der Waals surface area contributed by atoms with Crippen molar-refractivity contribution in [1.29, 1.82) is 0 Å². The summed E-state index contributed by atoms with van der Waals surface area (Å²) in [5.74, 6) is 0.781. The first-order valence-corrected chi connectivity index (χ1v) is 7.20. The highest BCUT2D eigenvalue weighted by Gasteiger charge is 2.10. The van der Waals surface area contributed by atoms with E-state index in [9.17, 15) is 0 Å². The highest BCUT2D eigenvalue weighted by Crippen LogP contribution is 2.22. The summed E-state index contributed by atoms with van der Waals surface area (Å²) in [5.41, 5.74) is 1.43. The second-order valence-corrected chi connectivity index (χ2v) is 5.88. The molecular formula is C14H22IN. The van der Waals surface area contributed by atoms with E-state index in [-0.39, 0.29) is 0 Å². The Morgan fingerprint density at radius 1 is 1.25 bits per heavy atom. The third-order valence-electron chi connectivity index (χ3n) is 2.73. The van der Waals surface area contributed by atoms with Crippen molar-refractivity contribution in [2.45, 2.75) is 39.7 Å². The number of benzene rings is 1. The number of halogens is 1. The van der Waals surface area contributed by atoms with Crippen LogP contribution in [0.3, 0.4) is 0 Å². The van der Waals surface area contributed by atoms with E-state index < -0.39 is 0 Å². The van der Waals surface area contributed by atoms with Crippen LogP contribution in [-0.4, -0.2) is 6.54 Å². The van der Waals surface area contributed by atoms with Crippen LogP contribution in [0.4, 0.5) is 0 Å². The van der Waals surface area contributed by atoms with Gasteiger partial charge in [0.2, 0.25) is 0 Å². The first-order chi connectivity index (χ1) is 7.63. The lowest BCUT2D eigenvalue weighted by Crippen LogP contribution is -2.21. The van der Waals surface area contributed by atoms with Gasteiger partial charge in [-0.15, -0.1) is 0 Å². The summed E-state index contributed by atoms with van der Waals surface area (Å²) in [6.45, 7) is 7.79. The standard InChI is InChI=1S/C14H22IN/c1-4-16-14(9-8-11(2)3)12-6-5-7-13(15)10-12/h5-7,10-11,14,16H,4,8-9H2,1-3H3. The van der Waals surface area contributed by atoms with E-state index in [2.05, 4.69) is 72.9 Å². The normalized spacial score (nSPS) is 13.1. The molecule has 1 nitrogen and oxygen atoms in total. The molecule has 0 saturated heterocycles. The molecule has 0 fully saturated rings. The quantitative estimate of drug-likeness (QED) is 0.763. The Morgan fingerprint density at radius 2 is 2.00 bits per heavy atom. The van der Waals surface area contributed by atoms with Crippen LogP contribution in [0.25, 0.3) is 0 Å². The molecule has 1 aromatic carbocycles. The minimum absolute atomic E-state index is 0.516. The molecule has 0 spiro atoms. The minimum atomic E-state index is 0.516. The van der Waals surface area contributed by atoms with Gasteiger partial charge in [0.05, 0.1) is 0 Å². The zero-order chi connectivity index (χ0) is 12.0. The summed E-state index contributed by atoms with van der Waals surface area (Å²) in [4.78, 5) is 0. The maximum atomic E-state index is 3.58. The monoisotopic (exact) mass is 331 g/mol. The van der Waals surface area contributed by atoms with Crippen molar-refractivity contribution in [1.82, 2.24) is 5.32 Å². The van der Waals surface area contributed by atoms with E-state index in [0.717, 1.165) is 12.5 Å². The van der Waals surface area contributed by atoms with E-state index in [1.165, 1.54) is 22.0 Å². The van der Waals surface area contributed by atoms with Gasteiger partial charge in [0.1, 0.15) is 0 Å². The molecule has 0 aliphatic heterocycles.